The smallest absolute Gasteiger partial charge is 0.316 e. The molecule has 148 valence electrons. The second kappa shape index (κ2) is 9.94. The van der Waals surface area contributed by atoms with Gasteiger partial charge in [-0.25, -0.2) is 9.78 Å². The molecule has 1 aromatic rings. The van der Waals surface area contributed by atoms with Gasteiger partial charge in [-0.3, -0.25) is 4.79 Å². The van der Waals surface area contributed by atoms with Gasteiger partial charge in [0.2, 0.25) is 5.88 Å². The average molecular weight is 375 g/mol. The highest BCUT2D eigenvalue weighted by molar-refractivity contribution is 5.80. The van der Waals surface area contributed by atoms with Crippen LogP contribution in [0.15, 0.2) is 30.5 Å². The Balaban J connectivity index is 2.09. The van der Waals surface area contributed by atoms with Crippen molar-refractivity contribution in [1.82, 2.24) is 15.6 Å². The number of hydrogen-bond acceptors (Lipinski definition) is 5. The molecule has 0 radical (unpaired) electrons. The molecule has 2 rings (SSSR count). The summed E-state index contributed by atoms with van der Waals surface area (Å²) < 4.78 is 10.4. The molecular weight excluding hydrogens is 346 g/mol. The molecule has 0 fully saturated rings. The normalized spacial score (nSPS) is 21.4. The topological polar surface area (TPSA) is 89.5 Å². The van der Waals surface area contributed by atoms with Crippen LogP contribution in [0.5, 0.6) is 5.88 Å². The van der Waals surface area contributed by atoms with E-state index in [1.165, 1.54) is 7.11 Å². The summed E-state index contributed by atoms with van der Waals surface area (Å²) in [5.41, 5.74) is 0.0563. The van der Waals surface area contributed by atoms with E-state index in [4.69, 9.17) is 9.47 Å². The third-order valence-electron chi connectivity index (χ3n) is 4.82. The lowest BCUT2D eigenvalue weighted by Gasteiger charge is -2.33. The third kappa shape index (κ3) is 5.45. The van der Waals surface area contributed by atoms with Gasteiger partial charge >= 0.3 is 12.0 Å². The molecule has 27 heavy (non-hydrogen) atoms. The summed E-state index contributed by atoms with van der Waals surface area (Å²) in [7, 11) is 2.95. The monoisotopic (exact) mass is 375 g/mol. The number of carbonyl (C=O) groups is 2. The highest BCUT2D eigenvalue weighted by Gasteiger charge is 2.40. The highest BCUT2D eigenvalue weighted by Crippen LogP contribution is 2.37. The fourth-order valence-electron chi connectivity index (χ4n) is 3.29. The predicted molar refractivity (Wildman–Crippen MR) is 103 cm³/mol. The number of ether oxygens (including phenoxy) is 2. The van der Waals surface area contributed by atoms with Crippen molar-refractivity contribution in [1.29, 1.82) is 0 Å². The van der Waals surface area contributed by atoms with Crippen LogP contribution in [0.1, 0.15) is 38.2 Å². The third-order valence-corrected chi connectivity index (χ3v) is 4.82. The van der Waals surface area contributed by atoms with Crippen LogP contribution in [0.4, 0.5) is 4.79 Å². The second-order valence-corrected chi connectivity index (χ2v) is 6.75. The molecule has 7 nitrogen and oxygen atoms in total. The number of methoxy groups -OCH3 is 2. The van der Waals surface area contributed by atoms with Crippen LogP contribution < -0.4 is 15.4 Å². The number of hydrogen-bond donors (Lipinski definition) is 2. The first-order chi connectivity index (χ1) is 13.0. The van der Waals surface area contributed by atoms with Crippen LogP contribution in [0.25, 0.3) is 0 Å². The van der Waals surface area contributed by atoms with Gasteiger partial charge in [-0.15, -0.1) is 0 Å². The Kier molecular flexibility index (Phi) is 7.64. The van der Waals surface area contributed by atoms with Crippen molar-refractivity contribution in [2.24, 2.45) is 5.41 Å². The molecule has 1 heterocycles. The van der Waals surface area contributed by atoms with Crippen molar-refractivity contribution in [2.75, 3.05) is 20.8 Å². The number of esters is 1. The zero-order chi connectivity index (χ0) is 19.7. The number of pyridine rings is 1. The van der Waals surface area contributed by atoms with E-state index in [9.17, 15) is 9.59 Å². The Morgan fingerprint density at radius 2 is 2.19 bits per heavy atom. The predicted octanol–water partition coefficient (Wildman–Crippen LogP) is 2.61. The summed E-state index contributed by atoms with van der Waals surface area (Å²) in [5, 5.41) is 5.77. The van der Waals surface area contributed by atoms with E-state index in [2.05, 4.69) is 22.5 Å². The van der Waals surface area contributed by atoms with Crippen molar-refractivity contribution >= 4 is 12.0 Å². The van der Waals surface area contributed by atoms with Crippen LogP contribution >= 0.6 is 0 Å². The number of aromatic nitrogens is 1. The number of carbonyl (C=O) groups excluding carboxylic acids is 2. The molecule has 0 saturated carbocycles. The van der Waals surface area contributed by atoms with Crippen molar-refractivity contribution in [3.8, 4) is 5.88 Å². The molecule has 2 N–H and O–H groups in total. The van der Waals surface area contributed by atoms with Crippen molar-refractivity contribution in [3.05, 3.63) is 36.0 Å². The molecular formula is C20H29N3O4. The van der Waals surface area contributed by atoms with E-state index >= 15 is 0 Å². The van der Waals surface area contributed by atoms with Crippen molar-refractivity contribution < 1.29 is 19.1 Å². The first kappa shape index (κ1) is 20.7. The standard InChI is InChI=1S/C20H29N3O4/c1-4-5-12-22-19(25)23-16-8-10-20(11-9-16,18(24)27-3)14-15-7-6-13-21-17(15)26-2/h6-8,10,13,16H,4-5,9,11-12,14H2,1-3H3,(H2,22,23,25). The first-order valence-corrected chi connectivity index (χ1v) is 9.34. The maximum absolute atomic E-state index is 12.6. The van der Waals surface area contributed by atoms with Gasteiger partial charge in [-0.05, 0) is 31.7 Å². The fourth-order valence-corrected chi connectivity index (χ4v) is 3.29. The van der Waals surface area contributed by atoms with Gasteiger partial charge in [0.25, 0.3) is 0 Å². The summed E-state index contributed by atoms with van der Waals surface area (Å²) in [4.78, 5) is 28.7. The summed E-state index contributed by atoms with van der Waals surface area (Å²) in [6.45, 7) is 2.73. The van der Waals surface area contributed by atoms with Crippen molar-refractivity contribution in [3.63, 3.8) is 0 Å². The number of rotatable bonds is 8. The zero-order valence-corrected chi connectivity index (χ0v) is 16.3. The quantitative estimate of drug-likeness (QED) is 0.414. The van der Waals surface area contributed by atoms with Gasteiger partial charge in [0.1, 0.15) is 0 Å². The highest BCUT2D eigenvalue weighted by atomic mass is 16.5. The molecule has 1 aliphatic carbocycles. The van der Waals surface area contributed by atoms with E-state index in [0.717, 1.165) is 18.4 Å². The summed E-state index contributed by atoms with van der Waals surface area (Å²) >= 11 is 0. The van der Waals surface area contributed by atoms with E-state index in [1.807, 2.05) is 24.3 Å². The second-order valence-electron chi connectivity index (χ2n) is 6.75. The number of unbranched alkanes of at least 4 members (excludes halogenated alkanes) is 1. The minimum Gasteiger partial charge on any atom is -0.481 e. The average Bonchev–Trinajstić information content (AvgIpc) is 2.69. The Labute approximate surface area is 160 Å². The lowest BCUT2D eigenvalue weighted by Crippen LogP contribution is -2.45. The van der Waals surface area contributed by atoms with E-state index in [0.29, 0.717) is 31.7 Å². The van der Waals surface area contributed by atoms with E-state index < -0.39 is 5.41 Å². The van der Waals surface area contributed by atoms with Crippen molar-refractivity contribution in [2.45, 2.75) is 45.1 Å². The Hall–Kier alpha value is -2.57. The molecule has 0 saturated heterocycles. The van der Waals surface area contributed by atoms with Crippen LogP contribution in [0.2, 0.25) is 0 Å². The maximum Gasteiger partial charge on any atom is 0.316 e. The Morgan fingerprint density at radius 1 is 1.37 bits per heavy atom. The van der Waals surface area contributed by atoms with Crippen LogP contribution in [0.3, 0.4) is 0 Å². The molecule has 2 amide bonds. The molecule has 2 atom stereocenters. The lowest BCUT2D eigenvalue weighted by atomic mass is 9.73. The van der Waals surface area contributed by atoms with Crippen LogP contribution in [0, 0.1) is 5.41 Å². The molecule has 0 aliphatic heterocycles. The van der Waals surface area contributed by atoms with Gasteiger partial charge in [0, 0.05) is 24.3 Å². The largest absolute Gasteiger partial charge is 0.481 e. The minimum absolute atomic E-state index is 0.111. The molecule has 0 spiro atoms. The number of amides is 2. The number of nitrogens with zero attached hydrogens (tertiary/aromatic N) is 1. The Bertz CT molecular complexity index is 677. The molecule has 2 unspecified atom stereocenters. The fraction of sp³-hybridized carbons (Fsp3) is 0.550. The van der Waals surface area contributed by atoms with E-state index in [1.54, 1.807) is 13.3 Å². The van der Waals surface area contributed by atoms with Crippen LogP contribution in [-0.2, 0) is 16.0 Å². The number of urea groups is 1. The molecule has 1 aromatic heterocycles. The summed E-state index contributed by atoms with van der Waals surface area (Å²) in [6, 6.07) is 3.42. The molecule has 1 aliphatic rings. The van der Waals surface area contributed by atoms with Gasteiger partial charge < -0.3 is 20.1 Å². The van der Waals surface area contributed by atoms with Gasteiger partial charge in [0.15, 0.2) is 0 Å². The minimum atomic E-state index is -0.790. The number of nitrogens with one attached hydrogen (secondary N) is 2. The lowest BCUT2D eigenvalue weighted by molar-refractivity contribution is -0.150. The summed E-state index contributed by atoms with van der Waals surface area (Å²) in [5.74, 6) is 0.209. The Morgan fingerprint density at radius 3 is 2.81 bits per heavy atom. The molecule has 7 heteroatoms. The first-order valence-electron chi connectivity index (χ1n) is 9.34. The molecule has 0 aromatic carbocycles. The zero-order valence-electron chi connectivity index (χ0n) is 16.3. The van der Waals surface area contributed by atoms with Gasteiger partial charge in [-0.1, -0.05) is 31.6 Å². The molecule has 0 bridgehead atoms. The summed E-state index contributed by atoms with van der Waals surface area (Å²) in [6.07, 6.45) is 9.01. The van der Waals surface area contributed by atoms with Gasteiger partial charge in [-0.2, -0.15) is 0 Å². The maximum atomic E-state index is 12.6. The van der Waals surface area contributed by atoms with E-state index in [-0.39, 0.29) is 18.0 Å². The SMILES string of the molecule is CCCCNC(=O)NC1C=CC(Cc2cccnc2OC)(C(=O)OC)CC1. The van der Waals surface area contributed by atoms with Crippen LogP contribution in [-0.4, -0.2) is 43.8 Å². The van der Waals surface area contributed by atoms with Gasteiger partial charge in [0.05, 0.1) is 19.6 Å².